The van der Waals surface area contributed by atoms with Crippen molar-refractivity contribution >= 4 is 48.8 Å². The summed E-state index contributed by atoms with van der Waals surface area (Å²) in [4.78, 5) is 4.53. The number of amidine groups is 1. The molecule has 0 aliphatic carbocycles. The Morgan fingerprint density at radius 1 is 0.906 bits per heavy atom. The first-order valence-electron chi connectivity index (χ1n) is 9.50. The van der Waals surface area contributed by atoms with Crippen LogP contribution < -0.4 is 15.8 Å². The van der Waals surface area contributed by atoms with Crippen molar-refractivity contribution in [1.29, 1.82) is 5.41 Å². The number of benzene rings is 3. The van der Waals surface area contributed by atoms with E-state index in [2.05, 4.69) is 10.3 Å². The zero-order valence-electron chi connectivity index (χ0n) is 18.0. The van der Waals surface area contributed by atoms with Gasteiger partial charge in [-0.3, -0.25) is 10.4 Å². The number of rotatable bonds is 7. The molecule has 5 nitrogen and oxygen atoms in total. The van der Waals surface area contributed by atoms with Crippen LogP contribution in [0.15, 0.2) is 77.8 Å². The highest BCUT2D eigenvalue weighted by Crippen LogP contribution is 2.25. The Labute approximate surface area is 208 Å². The molecule has 172 valence electrons. The highest BCUT2D eigenvalue weighted by molar-refractivity contribution is 6.15. The lowest BCUT2D eigenvalue weighted by Crippen LogP contribution is -2.19. The smallest absolute Gasteiger partial charge is 0.129 e. The maximum Gasteiger partial charge on any atom is 0.129 e. The predicted molar refractivity (Wildman–Crippen MR) is 141 cm³/mol. The fourth-order valence-electron chi connectivity index (χ4n) is 3.07. The molecule has 3 rings (SSSR count). The predicted octanol–water partition coefficient (Wildman–Crippen LogP) is 5.00. The van der Waals surface area contributed by atoms with E-state index in [1.807, 2.05) is 72.8 Å². The number of hydrogen-bond donors (Lipinski definition) is 3. The highest BCUT2D eigenvalue weighted by Gasteiger charge is 2.15. The van der Waals surface area contributed by atoms with E-state index in [1.54, 1.807) is 14.1 Å². The third-order valence-electron chi connectivity index (χ3n) is 4.70. The van der Waals surface area contributed by atoms with Crippen LogP contribution in [0.2, 0.25) is 0 Å². The highest BCUT2D eigenvalue weighted by atomic mass is 35.5. The van der Waals surface area contributed by atoms with Crippen LogP contribution >= 0.6 is 37.2 Å². The number of halogens is 3. The lowest BCUT2D eigenvalue weighted by molar-refractivity contribution is 0.305. The Kier molecular flexibility index (Phi) is 13.3. The van der Waals surface area contributed by atoms with Gasteiger partial charge in [0.15, 0.2) is 0 Å². The van der Waals surface area contributed by atoms with Gasteiger partial charge in [-0.1, -0.05) is 54.6 Å². The van der Waals surface area contributed by atoms with Crippen molar-refractivity contribution in [1.82, 2.24) is 5.32 Å². The van der Waals surface area contributed by atoms with Gasteiger partial charge in [0.05, 0.1) is 5.71 Å². The van der Waals surface area contributed by atoms with Gasteiger partial charge in [-0.2, -0.15) is 0 Å². The van der Waals surface area contributed by atoms with Gasteiger partial charge in [-0.05, 0) is 29.3 Å². The minimum atomic E-state index is 0. The third-order valence-corrected chi connectivity index (χ3v) is 4.70. The minimum Gasteiger partial charge on any atom is -0.488 e. The van der Waals surface area contributed by atoms with E-state index in [-0.39, 0.29) is 37.2 Å². The number of nitrogens with one attached hydrogen (secondary N) is 2. The molecule has 4 N–H and O–H groups in total. The summed E-state index contributed by atoms with van der Waals surface area (Å²) in [7, 11) is 3.51. The van der Waals surface area contributed by atoms with E-state index in [9.17, 15) is 0 Å². The summed E-state index contributed by atoms with van der Waals surface area (Å²) in [5.74, 6) is 1.07. The van der Waals surface area contributed by atoms with E-state index < -0.39 is 0 Å². The Morgan fingerprint density at radius 2 is 1.53 bits per heavy atom. The maximum atomic E-state index is 8.12. The summed E-state index contributed by atoms with van der Waals surface area (Å²) < 4.78 is 6.17. The SMILES string of the molecule is C/N=C(\c1ccccc1)c1cc(C(=N)NC)ccc1OCc1ccc(CN)cc1.Cl.Cl.Cl. The summed E-state index contributed by atoms with van der Waals surface area (Å²) >= 11 is 0. The first-order chi connectivity index (χ1) is 14.2. The quantitative estimate of drug-likeness (QED) is 0.318. The normalized spacial score (nSPS) is 10.2. The Morgan fingerprint density at radius 3 is 2.09 bits per heavy atom. The molecule has 0 aromatic heterocycles. The summed E-state index contributed by atoms with van der Waals surface area (Å²) in [5, 5.41) is 11.0. The van der Waals surface area contributed by atoms with E-state index in [0.29, 0.717) is 19.0 Å². The molecule has 0 bridgehead atoms. The largest absolute Gasteiger partial charge is 0.488 e. The molecule has 0 atom stereocenters. The summed E-state index contributed by atoms with van der Waals surface area (Å²) in [6.45, 7) is 0.962. The first-order valence-corrected chi connectivity index (χ1v) is 9.50. The van der Waals surface area contributed by atoms with E-state index in [1.165, 1.54) is 0 Å². The van der Waals surface area contributed by atoms with Gasteiger partial charge in [0.25, 0.3) is 0 Å². The van der Waals surface area contributed by atoms with Crippen LogP contribution in [0.1, 0.15) is 27.8 Å². The van der Waals surface area contributed by atoms with Crippen molar-refractivity contribution in [2.24, 2.45) is 10.7 Å². The molecule has 0 spiro atoms. The molecule has 3 aromatic carbocycles. The lowest BCUT2D eigenvalue weighted by Gasteiger charge is -2.16. The van der Waals surface area contributed by atoms with Gasteiger partial charge in [-0.15, -0.1) is 37.2 Å². The molecule has 8 heteroatoms. The summed E-state index contributed by atoms with van der Waals surface area (Å²) in [6, 6.07) is 23.8. The third kappa shape index (κ3) is 7.24. The van der Waals surface area contributed by atoms with Crippen LogP contribution in [0.4, 0.5) is 0 Å². The van der Waals surface area contributed by atoms with Crippen molar-refractivity contribution in [3.8, 4) is 5.75 Å². The van der Waals surface area contributed by atoms with E-state index >= 15 is 0 Å². The van der Waals surface area contributed by atoms with Crippen LogP contribution in [0.25, 0.3) is 0 Å². The molecule has 0 radical (unpaired) electrons. The zero-order chi connectivity index (χ0) is 20.6. The van der Waals surface area contributed by atoms with E-state index in [4.69, 9.17) is 15.9 Å². The number of nitrogens with zero attached hydrogens (tertiary/aromatic N) is 1. The minimum absolute atomic E-state index is 0. The maximum absolute atomic E-state index is 8.12. The number of nitrogens with two attached hydrogens (primary N) is 1. The Balaban J connectivity index is 0.00000320. The standard InChI is InChI=1S/C24H26N4O.3ClH/c1-27-23(19-6-4-3-5-7-19)21-14-20(24(26)28-2)12-13-22(21)29-16-18-10-8-17(15-25)9-11-18;;;/h3-14H,15-16,25H2,1-2H3,(H2,26,28);3*1H/b27-23+;;;. The van der Waals surface area contributed by atoms with Crippen molar-refractivity contribution in [2.45, 2.75) is 13.2 Å². The topological polar surface area (TPSA) is 83.5 Å². The van der Waals surface area contributed by atoms with Gasteiger partial charge >= 0.3 is 0 Å². The number of hydrogen-bond acceptors (Lipinski definition) is 4. The second-order valence-electron chi connectivity index (χ2n) is 6.58. The molecule has 0 fully saturated rings. The van der Waals surface area contributed by atoms with Gasteiger partial charge in [-0.25, -0.2) is 0 Å². The van der Waals surface area contributed by atoms with Crippen molar-refractivity contribution in [3.05, 3.63) is 101 Å². The molecule has 0 saturated carbocycles. The molecule has 32 heavy (non-hydrogen) atoms. The van der Waals surface area contributed by atoms with Crippen molar-refractivity contribution in [2.75, 3.05) is 14.1 Å². The van der Waals surface area contributed by atoms with Crippen LogP contribution in [0.5, 0.6) is 5.75 Å². The Hall–Kier alpha value is -2.57. The second-order valence-corrected chi connectivity index (χ2v) is 6.58. The summed E-state index contributed by atoms with van der Waals surface area (Å²) in [6.07, 6.45) is 0. The molecular weight excluding hydrogens is 467 g/mol. The first kappa shape index (κ1) is 29.4. The molecule has 0 amide bonds. The number of aliphatic imine (C=N–C) groups is 1. The molecular formula is C24H29Cl3N4O. The van der Waals surface area contributed by atoms with Crippen molar-refractivity contribution in [3.63, 3.8) is 0 Å². The summed E-state index contributed by atoms with van der Waals surface area (Å²) in [5.41, 5.74) is 11.3. The average molecular weight is 496 g/mol. The molecule has 3 aromatic rings. The molecule has 0 heterocycles. The van der Waals surface area contributed by atoms with Gasteiger partial charge in [0, 0.05) is 37.3 Å². The van der Waals surface area contributed by atoms with Gasteiger partial charge in [0.2, 0.25) is 0 Å². The van der Waals surface area contributed by atoms with Gasteiger partial charge in [0.1, 0.15) is 18.2 Å². The van der Waals surface area contributed by atoms with Gasteiger partial charge < -0.3 is 15.8 Å². The molecule has 0 saturated heterocycles. The van der Waals surface area contributed by atoms with E-state index in [0.717, 1.165) is 39.3 Å². The molecule has 0 aliphatic heterocycles. The number of ether oxygens (including phenoxy) is 1. The molecule has 0 unspecified atom stereocenters. The van der Waals surface area contributed by atoms with Crippen LogP contribution in [0, 0.1) is 5.41 Å². The molecule has 0 aliphatic rings. The monoisotopic (exact) mass is 494 g/mol. The zero-order valence-corrected chi connectivity index (χ0v) is 20.4. The second kappa shape index (κ2) is 14.5. The Bertz CT molecular complexity index is 1010. The van der Waals surface area contributed by atoms with Crippen LogP contribution in [0.3, 0.4) is 0 Å². The fourth-order valence-corrected chi connectivity index (χ4v) is 3.07. The van der Waals surface area contributed by atoms with Crippen LogP contribution in [-0.4, -0.2) is 25.6 Å². The fraction of sp³-hybridized carbons (Fsp3) is 0.167. The van der Waals surface area contributed by atoms with Crippen molar-refractivity contribution < 1.29 is 4.74 Å². The lowest BCUT2D eigenvalue weighted by atomic mass is 9.98. The average Bonchev–Trinajstić information content (AvgIpc) is 2.79. The van der Waals surface area contributed by atoms with Crippen LogP contribution in [-0.2, 0) is 13.2 Å².